The number of hydrogen-bond donors (Lipinski definition) is 2. The van der Waals surface area contributed by atoms with Crippen LogP contribution in [0.5, 0.6) is 5.75 Å². The van der Waals surface area contributed by atoms with Crippen LogP contribution in [0.1, 0.15) is 26.6 Å². The SMILES string of the molecule is Cc1ccc(CNC(=O)c2cc(O)cc(-c3ncc(C)s3)c2)nn1. The summed E-state index contributed by atoms with van der Waals surface area (Å²) >= 11 is 1.51. The molecule has 0 bridgehead atoms. The Morgan fingerprint density at radius 1 is 1.21 bits per heavy atom. The molecule has 7 heteroatoms. The van der Waals surface area contributed by atoms with Gasteiger partial charge in [-0.3, -0.25) is 4.79 Å². The normalized spacial score (nSPS) is 10.6. The fourth-order valence-electron chi connectivity index (χ4n) is 2.15. The summed E-state index contributed by atoms with van der Waals surface area (Å²) in [5.74, 6) is -0.261. The Hall–Kier alpha value is -2.80. The van der Waals surface area contributed by atoms with Gasteiger partial charge in [0.25, 0.3) is 5.91 Å². The zero-order valence-electron chi connectivity index (χ0n) is 13.3. The van der Waals surface area contributed by atoms with Crippen molar-refractivity contribution in [2.75, 3.05) is 0 Å². The summed E-state index contributed by atoms with van der Waals surface area (Å²) in [7, 11) is 0. The third-order valence-electron chi connectivity index (χ3n) is 3.33. The highest BCUT2D eigenvalue weighted by Gasteiger charge is 2.12. The maximum atomic E-state index is 12.3. The zero-order chi connectivity index (χ0) is 17.1. The van der Waals surface area contributed by atoms with Crippen LogP contribution in [0.4, 0.5) is 0 Å². The fraction of sp³-hybridized carbons (Fsp3) is 0.176. The monoisotopic (exact) mass is 340 g/mol. The van der Waals surface area contributed by atoms with Crippen molar-refractivity contribution in [1.29, 1.82) is 0 Å². The standard InChI is InChI=1S/C17H16N4O2S/c1-10-3-4-14(21-20-10)9-18-16(23)12-5-13(7-15(22)6-12)17-19-8-11(2)24-17/h3-8,22H,9H2,1-2H3,(H,18,23). The first-order valence-corrected chi connectivity index (χ1v) is 8.17. The first kappa shape index (κ1) is 16.1. The molecule has 0 atom stereocenters. The van der Waals surface area contributed by atoms with E-state index in [2.05, 4.69) is 20.5 Å². The molecule has 2 aromatic heterocycles. The number of thiazole rings is 1. The van der Waals surface area contributed by atoms with Gasteiger partial charge in [0.2, 0.25) is 0 Å². The van der Waals surface area contributed by atoms with Crippen molar-refractivity contribution in [2.24, 2.45) is 0 Å². The number of carbonyl (C=O) groups is 1. The van der Waals surface area contributed by atoms with Crippen LogP contribution < -0.4 is 5.32 Å². The molecule has 0 aliphatic rings. The van der Waals surface area contributed by atoms with E-state index in [4.69, 9.17) is 0 Å². The predicted molar refractivity (Wildman–Crippen MR) is 91.9 cm³/mol. The van der Waals surface area contributed by atoms with E-state index in [9.17, 15) is 9.90 Å². The van der Waals surface area contributed by atoms with Gasteiger partial charge in [0.1, 0.15) is 10.8 Å². The minimum absolute atomic E-state index is 0.0284. The summed E-state index contributed by atoms with van der Waals surface area (Å²) in [5, 5.41) is 21.4. The first-order valence-electron chi connectivity index (χ1n) is 7.35. The van der Waals surface area contributed by atoms with Gasteiger partial charge >= 0.3 is 0 Å². The second-order valence-corrected chi connectivity index (χ2v) is 6.63. The highest BCUT2D eigenvalue weighted by molar-refractivity contribution is 7.14. The molecule has 1 amide bonds. The summed E-state index contributed by atoms with van der Waals surface area (Å²) in [6, 6.07) is 8.40. The lowest BCUT2D eigenvalue weighted by molar-refractivity contribution is 0.0950. The van der Waals surface area contributed by atoms with Crippen molar-refractivity contribution in [1.82, 2.24) is 20.5 Å². The Kier molecular flexibility index (Phi) is 4.52. The minimum Gasteiger partial charge on any atom is -0.508 e. The number of aromatic hydroxyl groups is 1. The van der Waals surface area contributed by atoms with E-state index in [1.807, 2.05) is 26.0 Å². The van der Waals surface area contributed by atoms with E-state index >= 15 is 0 Å². The number of rotatable bonds is 4. The molecule has 0 saturated carbocycles. The molecule has 1 aromatic carbocycles. The third-order valence-corrected chi connectivity index (χ3v) is 4.29. The molecule has 3 rings (SSSR count). The van der Waals surface area contributed by atoms with Crippen LogP contribution in [0.25, 0.3) is 10.6 Å². The van der Waals surface area contributed by atoms with Gasteiger partial charge in [0.15, 0.2) is 0 Å². The maximum absolute atomic E-state index is 12.3. The molecule has 0 spiro atoms. The number of hydrogen-bond acceptors (Lipinski definition) is 6. The molecule has 0 radical (unpaired) electrons. The molecular weight excluding hydrogens is 324 g/mol. The van der Waals surface area contributed by atoms with E-state index in [1.165, 1.54) is 17.4 Å². The van der Waals surface area contributed by atoms with Crippen LogP contribution in [0.15, 0.2) is 36.5 Å². The van der Waals surface area contributed by atoms with Crippen LogP contribution in [0, 0.1) is 13.8 Å². The summed E-state index contributed by atoms with van der Waals surface area (Å²) in [5.41, 5.74) is 2.58. The van der Waals surface area contributed by atoms with Crippen molar-refractivity contribution in [3.63, 3.8) is 0 Å². The lowest BCUT2D eigenvalue weighted by atomic mass is 10.1. The number of amides is 1. The van der Waals surface area contributed by atoms with Gasteiger partial charge in [-0.25, -0.2) is 4.98 Å². The van der Waals surface area contributed by atoms with Crippen LogP contribution in [-0.2, 0) is 6.54 Å². The summed E-state index contributed by atoms with van der Waals surface area (Å²) in [4.78, 5) is 17.7. The molecule has 122 valence electrons. The van der Waals surface area contributed by atoms with Gasteiger partial charge in [-0.2, -0.15) is 10.2 Å². The predicted octanol–water partition coefficient (Wildman–Crippen LogP) is 2.85. The number of nitrogens with one attached hydrogen (secondary N) is 1. The average Bonchev–Trinajstić information content (AvgIpc) is 3.00. The van der Waals surface area contributed by atoms with Crippen molar-refractivity contribution in [3.05, 3.63) is 58.4 Å². The number of aryl methyl sites for hydroxylation is 2. The van der Waals surface area contributed by atoms with Crippen molar-refractivity contribution < 1.29 is 9.90 Å². The quantitative estimate of drug-likeness (QED) is 0.762. The van der Waals surface area contributed by atoms with Gasteiger partial charge in [-0.05, 0) is 44.2 Å². The van der Waals surface area contributed by atoms with E-state index in [1.54, 1.807) is 18.3 Å². The largest absolute Gasteiger partial charge is 0.508 e. The summed E-state index contributed by atoms with van der Waals surface area (Å²) < 4.78 is 0. The number of phenolic OH excluding ortho intramolecular Hbond substituents is 1. The van der Waals surface area contributed by atoms with Gasteiger partial charge in [0, 0.05) is 22.2 Å². The molecule has 6 nitrogen and oxygen atoms in total. The Morgan fingerprint density at radius 3 is 2.71 bits per heavy atom. The van der Waals surface area contributed by atoms with Gasteiger partial charge in [-0.1, -0.05) is 0 Å². The average molecular weight is 340 g/mol. The highest BCUT2D eigenvalue weighted by Crippen LogP contribution is 2.28. The second-order valence-electron chi connectivity index (χ2n) is 5.39. The minimum atomic E-state index is -0.289. The molecule has 0 unspecified atom stereocenters. The smallest absolute Gasteiger partial charge is 0.251 e. The maximum Gasteiger partial charge on any atom is 0.251 e. The fourth-order valence-corrected chi connectivity index (χ4v) is 2.90. The number of phenols is 1. The Balaban J connectivity index is 1.77. The molecule has 24 heavy (non-hydrogen) atoms. The lowest BCUT2D eigenvalue weighted by Crippen LogP contribution is -2.23. The van der Waals surface area contributed by atoms with Crippen molar-refractivity contribution in [2.45, 2.75) is 20.4 Å². The van der Waals surface area contributed by atoms with Crippen molar-refractivity contribution in [3.8, 4) is 16.3 Å². The number of aromatic nitrogens is 3. The summed E-state index contributed by atoms with van der Waals surface area (Å²) in [6.45, 7) is 4.08. The van der Waals surface area contributed by atoms with E-state index in [-0.39, 0.29) is 18.2 Å². The van der Waals surface area contributed by atoms with Crippen LogP contribution in [0.2, 0.25) is 0 Å². The summed E-state index contributed by atoms with van der Waals surface area (Å²) in [6.07, 6.45) is 1.76. The van der Waals surface area contributed by atoms with Crippen LogP contribution in [-0.4, -0.2) is 26.2 Å². The van der Waals surface area contributed by atoms with Gasteiger partial charge in [-0.15, -0.1) is 11.3 Å². The van der Waals surface area contributed by atoms with Gasteiger partial charge in [0.05, 0.1) is 17.9 Å². The number of nitrogens with zero attached hydrogens (tertiary/aromatic N) is 3. The lowest BCUT2D eigenvalue weighted by Gasteiger charge is -2.07. The topological polar surface area (TPSA) is 88.0 Å². The molecule has 0 aliphatic carbocycles. The molecule has 2 heterocycles. The van der Waals surface area contributed by atoms with E-state index in [0.717, 1.165) is 15.6 Å². The molecule has 0 saturated heterocycles. The molecule has 0 aliphatic heterocycles. The third kappa shape index (κ3) is 3.75. The van der Waals surface area contributed by atoms with Gasteiger partial charge < -0.3 is 10.4 Å². The Bertz CT molecular complexity index is 875. The molecule has 0 fully saturated rings. The second kappa shape index (κ2) is 6.76. The molecule has 2 N–H and O–H groups in total. The molecular formula is C17H16N4O2S. The van der Waals surface area contributed by atoms with E-state index < -0.39 is 0 Å². The highest BCUT2D eigenvalue weighted by atomic mass is 32.1. The van der Waals surface area contributed by atoms with Crippen molar-refractivity contribution >= 4 is 17.2 Å². The zero-order valence-corrected chi connectivity index (χ0v) is 14.1. The number of benzene rings is 1. The Morgan fingerprint density at radius 2 is 2.04 bits per heavy atom. The van der Waals surface area contributed by atoms with Crippen LogP contribution in [0.3, 0.4) is 0 Å². The Labute approximate surface area is 143 Å². The number of carbonyl (C=O) groups excluding carboxylic acids is 1. The molecule has 3 aromatic rings. The first-order chi connectivity index (χ1) is 11.5. The van der Waals surface area contributed by atoms with Crippen LogP contribution >= 0.6 is 11.3 Å². The van der Waals surface area contributed by atoms with E-state index in [0.29, 0.717) is 16.8 Å².